The van der Waals surface area contributed by atoms with Gasteiger partial charge in [-0.3, -0.25) is 0 Å². The third-order valence-electron chi connectivity index (χ3n) is 3.16. The van der Waals surface area contributed by atoms with E-state index in [-0.39, 0.29) is 11.6 Å². The summed E-state index contributed by atoms with van der Waals surface area (Å²) in [5.74, 6) is -1.18. The van der Waals surface area contributed by atoms with Crippen LogP contribution in [0.4, 0.5) is 8.78 Å². The zero-order chi connectivity index (χ0) is 13.3. The fourth-order valence-electron chi connectivity index (χ4n) is 2.22. The number of imidazole rings is 1. The van der Waals surface area contributed by atoms with Crippen molar-refractivity contribution in [2.75, 3.05) is 0 Å². The summed E-state index contributed by atoms with van der Waals surface area (Å²) in [7, 11) is 0. The summed E-state index contributed by atoms with van der Waals surface area (Å²) >= 11 is 5.20. The van der Waals surface area contributed by atoms with Gasteiger partial charge in [-0.15, -0.1) is 0 Å². The topological polar surface area (TPSA) is 20.7 Å². The third-order valence-corrected chi connectivity index (χ3v) is 3.46. The largest absolute Gasteiger partial charge is 0.328 e. The summed E-state index contributed by atoms with van der Waals surface area (Å²) in [4.78, 5) is 2.82. The number of aromatic amines is 1. The van der Waals surface area contributed by atoms with Gasteiger partial charge in [-0.05, 0) is 31.6 Å². The van der Waals surface area contributed by atoms with Gasteiger partial charge in [-0.25, -0.2) is 8.78 Å². The molecule has 0 spiro atoms. The molecule has 1 aromatic heterocycles. The number of halogens is 2. The van der Waals surface area contributed by atoms with Crippen LogP contribution in [0.3, 0.4) is 0 Å². The van der Waals surface area contributed by atoms with Crippen molar-refractivity contribution in [3.63, 3.8) is 0 Å². The number of hydrogen-bond acceptors (Lipinski definition) is 1. The number of fused-ring (bicyclic) bond motifs is 1. The summed E-state index contributed by atoms with van der Waals surface area (Å²) in [6.07, 6.45) is 3.09. The van der Waals surface area contributed by atoms with E-state index in [9.17, 15) is 8.78 Å². The fraction of sp³-hybridized carbons (Fsp3) is 0.462. The molecule has 1 heterocycles. The summed E-state index contributed by atoms with van der Waals surface area (Å²) < 4.78 is 29.2. The zero-order valence-corrected chi connectivity index (χ0v) is 11.3. The Morgan fingerprint density at radius 1 is 1.39 bits per heavy atom. The maximum absolute atomic E-state index is 13.6. The number of nitrogens with one attached hydrogen (secondary N) is 1. The second-order valence-electron chi connectivity index (χ2n) is 4.57. The van der Waals surface area contributed by atoms with Gasteiger partial charge >= 0.3 is 0 Å². The van der Waals surface area contributed by atoms with Crippen LogP contribution in [0.25, 0.3) is 11.0 Å². The molecule has 0 fully saturated rings. The molecule has 0 aliphatic carbocycles. The normalized spacial score (nSPS) is 13.1. The number of rotatable bonds is 4. The molecule has 0 saturated heterocycles. The van der Waals surface area contributed by atoms with Crippen molar-refractivity contribution >= 4 is 23.3 Å². The van der Waals surface area contributed by atoms with E-state index in [0.29, 0.717) is 10.3 Å². The molecule has 2 aromatic rings. The van der Waals surface area contributed by atoms with Gasteiger partial charge < -0.3 is 9.55 Å². The van der Waals surface area contributed by atoms with Crippen LogP contribution in [0.2, 0.25) is 0 Å². The third kappa shape index (κ3) is 2.32. The lowest BCUT2D eigenvalue weighted by molar-refractivity contribution is 0.491. The molecular formula is C13H16F2N2S. The van der Waals surface area contributed by atoms with Crippen molar-refractivity contribution in [3.05, 3.63) is 28.5 Å². The predicted molar refractivity (Wildman–Crippen MR) is 71.3 cm³/mol. The standard InChI is InChI=1S/C13H16F2N2S/c1-3-4-5-8(2)17-11-7-9(14)6-10(15)12(11)16-13(17)18/h6-8H,3-5H2,1-2H3,(H,16,18). The van der Waals surface area contributed by atoms with Crippen molar-refractivity contribution in [2.24, 2.45) is 0 Å². The Balaban J connectivity index is 2.56. The van der Waals surface area contributed by atoms with E-state index in [0.717, 1.165) is 25.3 Å². The van der Waals surface area contributed by atoms with Crippen molar-refractivity contribution in [1.82, 2.24) is 9.55 Å². The van der Waals surface area contributed by atoms with Crippen molar-refractivity contribution in [2.45, 2.75) is 39.2 Å². The second-order valence-corrected chi connectivity index (χ2v) is 4.96. The summed E-state index contributed by atoms with van der Waals surface area (Å²) in [6, 6.07) is 2.33. The van der Waals surface area contributed by atoms with Crippen LogP contribution in [-0.2, 0) is 0 Å². The Morgan fingerprint density at radius 2 is 2.11 bits per heavy atom. The van der Waals surface area contributed by atoms with Gasteiger partial charge in [0.15, 0.2) is 10.6 Å². The molecular weight excluding hydrogens is 254 g/mol. The molecule has 0 aliphatic rings. The monoisotopic (exact) mass is 270 g/mol. The Bertz CT molecular complexity index is 615. The minimum absolute atomic E-state index is 0.132. The van der Waals surface area contributed by atoms with Gasteiger partial charge in [0.05, 0.1) is 5.52 Å². The van der Waals surface area contributed by atoms with E-state index in [2.05, 4.69) is 11.9 Å². The first-order valence-electron chi connectivity index (χ1n) is 6.13. The van der Waals surface area contributed by atoms with Crippen LogP contribution in [0.1, 0.15) is 39.2 Å². The first-order valence-corrected chi connectivity index (χ1v) is 6.54. The molecule has 0 radical (unpaired) electrons. The van der Waals surface area contributed by atoms with E-state index in [1.54, 1.807) is 4.57 Å². The number of benzene rings is 1. The second kappa shape index (κ2) is 5.18. The fourth-order valence-corrected chi connectivity index (χ4v) is 2.60. The highest BCUT2D eigenvalue weighted by Gasteiger charge is 2.14. The highest BCUT2D eigenvalue weighted by molar-refractivity contribution is 7.71. The van der Waals surface area contributed by atoms with Gasteiger partial charge in [0.25, 0.3) is 0 Å². The number of aromatic nitrogens is 2. The molecule has 2 nitrogen and oxygen atoms in total. The van der Waals surface area contributed by atoms with Crippen LogP contribution in [0, 0.1) is 16.4 Å². The average Bonchev–Trinajstić information content (AvgIpc) is 2.63. The Morgan fingerprint density at radius 3 is 2.78 bits per heavy atom. The lowest BCUT2D eigenvalue weighted by Crippen LogP contribution is -2.05. The molecule has 1 unspecified atom stereocenters. The van der Waals surface area contributed by atoms with E-state index >= 15 is 0 Å². The van der Waals surface area contributed by atoms with Crippen LogP contribution in [0.15, 0.2) is 12.1 Å². The van der Waals surface area contributed by atoms with E-state index < -0.39 is 11.6 Å². The highest BCUT2D eigenvalue weighted by atomic mass is 32.1. The van der Waals surface area contributed by atoms with E-state index in [1.165, 1.54) is 6.07 Å². The molecule has 1 N–H and O–H groups in total. The minimum Gasteiger partial charge on any atom is -0.328 e. The molecule has 1 atom stereocenters. The smallest absolute Gasteiger partial charge is 0.178 e. The SMILES string of the molecule is CCCCC(C)n1c(=S)[nH]c2c(F)cc(F)cc21. The number of H-pyrrole nitrogens is 1. The maximum atomic E-state index is 13.6. The number of nitrogens with zero attached hydrogens (tertiary/aromatic N) is 1. The van der Waals surface area contributed by atoms with Gasteiger partial charge in [-0.1, -0.05) is 19.8 Å². The van der Waals surface area contributed by atoms with Crippen LogP contribution in [-0.4, -0.2) is 9.55 Å². The predicted octanol–water partition coefficient (Wildman–Crippen LogP) is 4.73. The number of unbranched alkanes of at least 4 members (excludes halogenated alkanes) is 1. The van der Waals surface area contributed by atoms with E-state index in [1.807, 2.05) is 6.92 Å². The molecule has 98 valence electrons. The quantitative estimate of drug-likeness (QED) is 0.797. The van der Waals surface area contributed by atoms with Crippen LogP contribution in [0.5, 0.6) is 0 Å². The van der Waals surface area contributed by atoms with Gasteiger partial charge in [0, 0.05) is 12.1 Å². The Hall–Kier alpha value is -1.23. The van der Waals surface area contributed by atoms with Crippen LogP contribution < -0.4 is 0 Å². The van der Waals surface area contributed by atoms with Gasteiger partial charge in [0.2, 0.25) is 0 Å². The first-order chi connectivity index (χ1) is 8.54. The van der Waals surface area contributed by atoms with Crippen molar-refractivity contribution in [1.29, 1.82) is 0 Å². The van der Waals surface area contributed by atoms with Gasteiger partial charge in [0.1, 0.15) is 11.3 Å². The molecule has 0 bridgehead atoms. The van der Waals surface area contributed by atoms with Crippen LogP contribution >= 0.6 is 12.2 Å². The molecule has 2 rings (SSSR count). The van der Waals surface area contributed by atoms with Gasteiger partial charge in [-0.2, -0.15) is 0 Å². The molecule has 0 saturated carbocycles. The van der Waals surface area contributed by atoms with Crippen molar-refractivity contribution < 1.29 is 8.78 Å². The molecule has 0 aliphatic heterocycles. The minimum atomic E-state index is -0.599. The zero-order valence-electron chi connectivity index (χ0n) is 10.5. The Labute approximate surface area is 110 Å². The lowest BCUT2D eigenvalue weighted by atomic mass is 10.1. The molecule has 5 heteroatoms. The molecule has 1 aromatic carbocycles. The summed E-state index contributed by atoms with van der Waals surface area (Å²) in [5, 5.41) is 0. The summed E-state index contributed by atoms with van der Waals surface area (Å²) in [6.45, 7) is 4.13. The Kier molecular flexibility index (Phi) is 3.80. The summed E-state index contributed by atoms with van der Waals surface area (Å²) in [5.41, 5.74) is 0.783. The average molecular weight is 270 g/mol. The van der Waals surface area contributed by atoms with E-state index in [4.69, 9.17) is 12.2 Å². The first kappa shape index (κ1) is 13.2. The maximum Gasteiger partial charge on any atom is 0.178 e. The number of hydrogen-bond donors (Lipinski definition) is 1. The molecule has 0 amide bonds. The highest BCUT2D eigenvalue weighted by Crippen LogP contribution is 2.25. The van der Waals surface area contributed by atoms with Crippen molar-refractivity contribution in [3.8, 4) is 0 Å². The molecule has 18 heavy (non-hydrogen) atoms. The lowest BCUT2D eigenvalue weighted by Gasteiger charge is -2.14.